The predicted molar refractivity (Wildman–Crippen MR) is 116 cm³/mol. The van der Waals surface area contributed by atoms with E-state index in [1.807, 2.05) is 0 Å². The van der Waals surface area contributed by atoms with Crippen molar-refractivity contribution in [2.75, 3.05) is 13.1 Å². The first-order valence-corrected chi connectivity index (χ1v) is 10.2. The summed E-state index contributed by atoms with van der Waals surface area (Å²) in [4.78, 5) is 23.7. The molecule has 4 nitrogen and oxygen atoms in total. The lowest BCUT2D eigenvalue weighted by Gasteiger charge is -2.18. The normalized spacial score (nSPS) is 13.1. The van der Waals surface area contributed by atoms with Crippen molar-refractivity contribution in [3.63, 3.8) is 0 Å². The van der Waals surface area contributed by atoms with Crippen LogP contribution in [0.5, 0.6) is 0 Å². The molecule has 0 heterocycles. The molecule has 184 valence electrons. The monoisotopic (exact) mass is 486 g/mol. The Bertz CT molecular complexity index is 1050. The fourth-order valence-electron chi connectivity index (χ4n) is 3.37. The van der Waals surface area contributed by atoms with Gasteiger partial charge < -0.3 is 10.6 Å². The number of amides is 2. The molecule has 2 rings (SSSR count). The van der Waals surface area contributed by atoms with Gasteiger partial charge in [-0.25, -0.2) is 0 Å². The van der Waals surface area contributed by atoms with Crippen LogP contribution in [0.15, 0.2) is 42.5 Å². The number of aryl methyl sites for hydroxylation is 3. The summed E-state index contributed by atoms with van der Waals surface area (Å²) in [6.07, 6.45) is -6.70. The van der Waals surface area contributed by atoms with E-state index in [0.29, 0.717) is 11.1 Å². The second-order valence-electron chi connectivity index (χ2n) is 7.95. The second-order valence-corrected chi connectivity index (χ2v) is 7.95. The molecule has 0 fully saturated rings. The van der Waals surface area contributed by atoms with Gasteiger partial charge in [0.1, 0.15) is 6.54 Å². The van der Waals surface area contributed by atoms with Gasteiger partial charge in [0, 0.05) is 5.56 Å². The lowest BCUT2D eigenvalue weighted by Crippen LogP contribution is -2.41. The standard InChI is InChI=1S/C24H24F6N2O2/c1-14-8-15(2)10-18(9-14)20(24(28,29)30)7-5-17-4-6-19(16(3)11-17)22(34)31-12-21(33)32-13-23(25,26)27/h4-11,20H,12-13H2,1-3H3,(H,31,34)(H,32,33)/b7-5+. The van der Waals surface area contributed by atoms with Gasteiger partial charge in [0.15, 0.2) is 0 Å². The Kier molecular flexibility index (Phi) is 8.52. The summed E-state index contributed by atoms with van der Waals surface area (Å²) < 4.78 is 77.4. The Labute approximate surface area is 193 Å². The number of hydrogen-bond acceptors (Lipinski definition) is 2. The zero-order valence-electron chi connectivity index (χ0n) is 18.7. The van der Waals surface area contributed by atoms with E-state index in [2.05, 4.69) is 5.32 Å². The lowest BCUT2D eigenvalue weighted by atomic mass is 9.93. The van der Waals surface area contributed by atoms with Crippen molar-refractivity contribution in [2.24, 2.45) is 0 Å². The first-order valence-electron chi connectivity index (χ1n) is 10.2. The minimum absolute atomic E-state index is 0.123. The number of alkyl halides is 6. The number of carbonyl (C=O) groups excluding carboxylic acids is 2. The fraction of sp³-hybridized carbons (Fsp3) is 0.333. The molecule has 2 amide bonds. The Morgan fingerprint density at radius 3 is 2.06 bits per heavy atom. The van der Waals surface area contributed by atoms with Crippen LogP contribution >= 0.6 is 0 Å². The Morgan fingerprint density at radius 1 is 0.912 bits per heavy atom. The predicted octanol–water partition coefficient (Wildman–Crippen LogP) is 5.38. The zero-order valence-corrected chi connectivity index (χ0v) is 18.7. The van der Waals surface area contributed by atoms with Gasteiger partial charge in [0.25, 0.3) is 5.91 Å². The van der Waals surface area contributed by atoms with E-state index in [1.54, 1.807) is 32.2 Å². The molecule has 1 unspecified atom stereocenters. The third kappa shape index (κ3) is 8.24. The third-order valence-electron chi connectivity index (χ3n) is 4.83. The van der Waals surface area contributed by atoms with Gasteiger partial charge >= 0.3 is 12.4 Å². The maximum absolute atomic E-state index is 13.7. The molecule has 0 aliphatic carbocycles. The van der Waals surface area contributed by atoms with Crippen molar-refractivity contribution in [3.05, 3.63) is 75.9 Å². The van der Waals surface area contributed by atoms with Gasteiger partial charge in [-0.05, 0) is 43.5 Å². The molecule has 0 aliphatic heterocycles. The summed E-state index contributed by atoms with van der Waals surface area (Å²) in [5.41, 5.74) is 2.55. The molecule has 0 saturated heterocycles. The maximum atomic E-state index is 13.7. The van der Waals surface area contributed by atoms with Crippen molar-refractivity contribution in [1.29, 1.82) is 0 Å². The molecule has 2 aromatic rings. The summed E-state index contributed by atoms with van der Waals surface area (Å²) in [5.74, 6) is -3.52. The summed E-state index contributed by atoms with van der Waals surface area (Å²) in [6, 6.07) is 9.07. The number of halogens is 6. The molecule has 0 radical (unpaired) electrons. The van der Waals surface area contributed by atoms with E-state index >= 15 is 0 Å². The maximum Gasteiger partial charge on any atom is 0.405 e. The highest BCUT2D eigenvalue weighted by Gasteiger charge is 2.39. The summed E-state index contributed by atoms with van der Waals surface area (Å²) in [7, 11) is 0. The van der Waals surface area contributed by atoms with Gasteiger partial charge in [0.2, 0.25) is 5.91 Å². The molecule has 1 atom stereocenters. The van der Waals surface area contributed by atoms with E-state index in [0.717, 1.165) is 17.2 Å². The Morgan fingerprint density at radius 2 is 1.53 bits per heavy atom. The second kappa shape index (κ2) is 10.8. The van der Waals surface area contributed by atoms with Crippen LogP contribution in [-0.2, 0) is 4.79 Å². The molecular formula is C24H24F6N2O2. The van der Waals surface area contributed by atoms with E-state index in [1.165, 1.54) is 36.4 Å². The molecule has 2 N–H and O–H groups in total. The van der Waals surface area contributed by atoms with Crippen LogP contribution < -0.4 is 10.6 Å². The van der Waals surface area contributed by atoms with Crippen LogP contribution in [0, 0.1) is 20.8 Å². The van der Waals surface area contributed by atoms with E-state index < -0.39 is 43.2 Å². The van der Waals surface area contributed by atoms with E-state index in [9.17, 15) is 35.9 Å². The van der Waals surface area contributed by atoms with Crippen molar-refractivity contribution < 1.29 is 35.9 Å². The summed E-state index contributed by atoms with van der Waals surface area (Å²) >= 11 is 0. The van der Waals surface area contributed by atoms with Crippen LogP contribution in [0.1, 0.15) is 44.1 Å². The largest absolute Gasteiger partial charge is 0.405 e. The highest BCUT2D eigenvalue weighted by molar-refractivity contribution is 5.97. The SMILES string of the molecule is Cc1cc(C)cc(C(/C=C/c2ccc(C(=O)NCC(=O)NCC(F)(F)F)c(C)c2)C(F)(F)F)c1. The molecule has 0 aliphatic rings. The first-order chi connectivity index (χ1) is 15.7. The highest BCUT2D eigenvalue weighted by Crippen LogP contribution is 2.37. The number of nitrogens with one attached hydrogen (secondary N) is 2. The number of benzene rings is 2. The van der Waals surface area contributed by atoms with Crippen molar-refractivity contribution >= 4 is 17.9 Å². The highest BCUT2D eigenvalue weighted by atomic mass is 19.4. The minimum atomic E-state index is -4.57. The van der Waals surface area contributed by atoms with Gasteiger partial charge in [-0.3, -0.25) is 9.59 Å². The van der Waals surface area contributed by atoms with Gasteiger partial charge in [0.05, 0.1) is 12.5 Å². The molecule has 0 spiro atoms. The van der Waals surface area contributed by atoms with Crippen LogP contribution in [0.25, 0.3) is 6.08 Å². The molecule has 34 heavy (non-hydrogen) atoms. The third-order valence-corrected chi connectivity index (χ3v) is 4.83. The van der Waals surface area contributed by atoms with Crippen LogP contribution in [0.3, 0.4) is 0 Å². The average Bonchev–Trinajstić information content (AvgIpc) is 2.68. The van der Waals surface area contributed by atoms with Crippen molar-refractivity contribution in [3.8, 4) is 0 Å². The molecule has 0 saturated carbocycles. The average molecular weight is 486 g/mol. The molecule has 10 heteroatoms. The van der Waals surface area contributed by atoms with Gasteiger partial charge in [-0.15, -0.1) is 0 Å². The van der Waals surface area contributed by atoms with E-state index in [4.69, 9.17) is 0 Å². The fourth-order valence-corrected chi connectivity index (χ4v) is 3.37. The smallest absolute Gasteiger partial charge is 0.345 e. The van der Waals surface area contributed by atoms with Gasteiger partial charge in [-0.2, -0.15) is 26.3 Å². The summed E-state index contributed by atoms with van der Waals surface area (Å²) in [5, 5.41) is 3.85. The topological polar surface area (TPSA) is 58.2 Å². The number of hydrogen-bond donors (Lipinski definition) is 2. The van der Waals surface area contributed by atoms with Crippen LogP contribution in [-0.4, -0.2) is 37.3 Å². The number of allylic oxidation sites excluding steroid dienone is 1. The summed E-state index contributed by atoms with van der Waals surface area (Å²) in [6.45, 7) is 2.84. The first kappa shape index (κ1) is 26.9. The lowest BCUT2D eigenvalue weighted by molar-refractivity contribution is -0.139. The van der Waals surface area contributed by atoms with Crippen LogP contribution in [0.4, 0.5) is 26.3 Å². The Hall–Kier alpha value is -3.30. The molecule has 0 bridgehead atoms. The number of carbonyl (C=O) groups is 2. The van der Waals surface area contributed by atoms with Crippen LogP contribution in [0.2, 0.25) is 0 Å². The van der Waals surface area contributed by atoms with Gasteiger partial charge in [-0.1, -0.05) is 53.6 Å². The molecular weight excluding hydrogens is 462 g/mol. The number of rotatable bonds is 7. The van der Waals surface area contributed by atoms with Crippen molar-refractivity contribution in [2.45, 2.75) is 39.0 Å². The quantitative estimate of drug-likeness (QED) is 0.517. The molecule has 2 aromatic carbocycles. The zero-order chi connectivity index (χ0) is 25.7. The van der Waals surface area contributed by atoms with E-state index in [-0.39, 0.29) is 11.1 Å². The Balaban J connectivity index is 2.12. The van der Waals surface area contributed by atoms with Crippen molar-refractivity contribution in [1.82, 2.24) is 10.6 Å². The minimum Gasteiger partial charge on any atom is -0.345 e. The molecule has 0 aromatic heterocycles.